The van der Waals surface area contributed by atoms with Crippen molar-refractivity contribution in [3.05, 3.63) is 0 Å². The van der Waals surface area contributed by atoms with Crippen LogP contribution in [0.4, 0.5) is 0 Å². The topological polar surface area (TPSA) is 23.6 Å². The van der Waals surface area contributed by atoms with Gasteiger partial charge in [-0.1, -0.05) is 6.42 Å². The minimum absolute atomic E-state index is 0.477. The Kier molecular flexibility index (Phi) is 3.72. The molecule has 0 aromatic carbocycles. The van der Waals surface area contributed by atoms with Gasteiger partial charge in [-0.15, -0.1) is 0 Å². The molecule has 1 aliphatic rings. The molecule has 0 aliphatic carbocycles. The number of nitrogens with zero attached hydrogens (tertiary/aromatic N) is 2. The molecule has 1 radical (unpaired) electrons. The summed E-state index contributed by atoms with van der Waals surface area (Å²) in [6.45, 7) is 7.06. The van der Waals surface area contributed by atoms with Gasteiger partial charge in [0.05, 0.1) is 0 Å². The zero-order valence-corrected chi connectivity index (χ0v) is 8.79. The lowest BCUT2D eigenvalue weighted by Crippen LogP contribution is -2.53. The van der Waals surface area contributed by atoms with Gasteiger partial charge in [-0.3, -0.25) is 9.80 Å². The van der Waals surface area contributed by atoms with Gasteiger partial charge >= 0.3 is 6.41 Å². The number of carbonyl (C=O) groups excluding carboxylic acids is 1. The fourth-order valence-corrected chi connectivity index (χ4v) is 2.16. The Morgan fingerprint density at radius 1 is 1.38 bits per heavy atom. The molecule has 0 aromatic heterocycles. The molecule has 1 saturated heterocycles. The van der Waals surface area contributed by atoms with Gasteiger partial charge in [0, 0.05) is 18.6 Å². The molecule has 0 spiro atoms. The first-order valence-electron chi connectivity index (χ1n) is 5.14. The lowest BCUT2D eigenvalue weighted by Gasteiger charge is -2.43. The number of hydrogen-bond acceptors (Lipinski definition) is 2. The summed E-state index contributed by atoms with van der Waals surface area (Å²) >= 11 is 0. The van der Waals surface area contributed by atoms with E-state index in [9.17, 15) is 4.79 Å². The van der Waals surface area contributed by atoms with Crippen molar-refractivity contribution in [1.29, 1.82) is 0 Å². The first-order chi connectivity index (χ1) is 6.20. The lowest BCUT2D eigenvalue weighted by atomic mass is 10.00. The average Bonchev–Trinajstić information content (AvgIpc) is 2.11. The van der Waals surface area contributed by atoms with Gasteiger partial charge in [0.15, 0.2) is 0 Å². The van der Waals surface area contributed by atoms with Gasteiger partial charge in [-0.05, 0) is 33.6 Å². The molecule has 1 heterocycles. The van der Waals surface area contributed by atoms with E-state index in [4.69, 9.17) is 0 Å². The molecule has 1 aliphatic heterocycles. The Labute approximate surface area is 80.7 Å². The molecular weight excluding hydrogens is 164 g/mol. The van der Waals surface area contributed by atoms with Crippen LogP contribution >= 0.6 is 0 Å². The fraction of sp³-hybridized carbons (Fsp3) is 0.900. The van der Waals surface area contributed by atoms with Crippen LogP contribution in [0.25, 0.3) is 0 Å². The van der Waals surface area contributed by atoms with Crippen molar-refractivity contribution in [2.75, 3.05) is 6.54 Å². The van der Waals surface area contributed by atoms with Crippen LogP contribution in [0.15, 0.2) is 0 Å². The van der Waals surface area contributed by atoms with E-state index in [2.05, 4.69) is 18.9 Å². The first-order valence-corrected chi connectivity index (χ1v) is 5.14. The molecule has 75 valence electrons. The van der Waals surface area contributed by atoms with Crippen molar-refractivity contribution in [1.82, 2.24) is 10.0 Å². The van der Waals surface area contributed by atoms with Crippen LogP contribution in [-0.4, -0.2) is 35.1 Å². The van der Waals surface area contributed by atoms with Crippen LogP contribution in [0.2, 0.25) is 0 Å². The van der Waals surface area contributed by atoms with E-state index in [-0.39, 0.29) is 0 Å². The Hall–Kier alpha value is -0.570. The number of rotatable bonds is 3. The summed E-state index contributed by atoms with van der Waals surface area (Å²) in [5.41, 5.74) is 0. The molecule has 3 heteroatoms. The van der Waals surface area contributed by atoms with Crippen molar-refractivity contribution in [2.45, 2.75) is 52.1 Å². The summed E-state index contributed by atoms with van der Waals surface area (Å²) in [4.78, 5) is 10.7. The molecule has 2 unspecified atom stereocenters. The van der Waals surface area contributed by atoms with Gasteiger partial charge in [-0.25, -0.2) is 5.01 Å². The minimum atomic E-state index is 0.477. The van der Waals surface area contributed by atoms with Crippen LogP contribution in [0.5, 0.6) is 0 Å². The molecule has 1 rings (SSSR count). The Morgan fingerprint density at radius 2 is 1.92 bits per heavy atom. The van der Waals surface area contributed by atoms with Crippen LogP contribution in [0.3, 0.4) is 0 Å². The van der Waals surface area contributed by atoms with Crippen molar-refractivity contribution in [2.24, 2.45) is 0 Å². The molecule has 1 fully saturated rings. The van der Waals surface area contributed by atoms with E-state index in [1.54, 1.807) is 5.01 Å². The van der Waals surface area contributed by atoms with Gasteiger partial charge in [0.25, 0.3) is 0 Å². The van der Waals surface area contributed by atoms with E-state index in [1.165, 1.54) is 19.3 Å². The van der Waals surface area contributed by atoms with Crippen LogP contribution in [0, 0.1) is 0 Å². The normalized spacial score (nSPS) is 30.1. The highest BCUT2D eigenvalue weighted by atomic mass is 16.1. The second kappa shape index (κ2) is 4.61. The third-order valence-corrected chi connectivity index (χ3v) is 2.83. The van der Waals surface area contributed by atoms with Gasteiger partial charge in [0.2, 0.25) is 0 Å². The van der Waals surface area contributed by atoms with E-state index >= 15 is 0 Å². The summed E-state index contributed by atoms with van der Waals surface area (Å²) in [6.07, 6.45) is 5.63. The maximum atomic E-state index is 10.7. The van der Waals surface area contributed by atoms with E-state index in [0.717, 1.165) is 6.54 Å². The Morgan fingerprint density at radius 3 is 2.31 bits per heavy atom. The molecular formula is C10H19N2O. The van der Waals surface area contributed by atoms with E-state index in [0.29, 0.717) is 12.1 Å². The summed E-state index contributed by atoms with van der Waals surface area (Å²) < 4.78 is 0. The van der Waals surface area contributed by atoms with Crippen molar-refractivity contribution in [3.8, 4) is 0 Å². The second-order valence-corrected chi connectivity index (χ2v) is 3.82. The zero-order chi connectivity index (χ0) is 9.84. The molecule has 0 N–H and O–H groups in total. The quantitative estimate of drug-likeness (QED) is 0.620. The van der Waals surface area contributed by atoms with E-state index in [1.807, 2.05) is 13.3 Å². The van der Waals surface area contributed by atoms with Crippen LogP contribution in [-0.2, 0) is 4.79 Å². The number of piperidine rings is 1. The number of hydrogen-bond donors (Lipinski definition) is 0. The Balaban J connectivity index is 2.66. The third kappa shape index (κ3) is 2.21. The number of hydrazine groups is 1. The molecule has 0 aromatic rings. The Bertz CT molecular complexity index is 162. The van der Waals surface area contributed by atoms with Crippen LogP contribution in [0.1, 0.15) is 40.0 Å². The molecule has 1 amide bonds. The predicted molar refractivity (Wildman–Crippen MR) is 52.7 cm³/mol. The highest BCUT2D eigenvalue weighted by molar-refractivity contribution is 5.47. The van der Waals surface area contributed by atoms with Gasteiger partial charge in [-0.2, -0.15) is 0 Å². The highest BCUT2D eigenvalue weighted by Crippen LogP contribution is 2.23. The number of amides is 1. The monoisotopic (exact) mass is 183 g/mol. The first kappa shape index (κ1) is 10.5. The smallest absolute Gasteiger partial charge is 0.267 e. The van der Waals surface area contributed by atoms with Crippen molar-refractivity contribution < 1.29 is 4.79 Å². The minimum Gasteiger partial charge on any atom is -0.267 e. The third-order valence-electron chi connectivity index (χ3n) is 2.83. The summed E-state index contributed by atoms with van der Waals surface area (Å²) in [6, 6.07) is 0.954. The summed E-state index contributed by atoms with van der Waals surface area (Å²) in [7, 11) is 0. The van der Waals surface area contributed by atoms with Crippen molar-refractivity contribution in [3.63, 3.8) is 0 Å². The zero-order valence-electron chi connectivity index (χ0n) is 8.79. The SMILES string of the molecule is CCN([C]=O)N1C(C)CCCC1C. The second-order valence-electron chi connectivity index (χ2n) is 3.82. The summed E-state index contributed by atoms with van der Waals surface area (Å²) in [5, 5.41) is 3.84. The average molecular weight is 183 g/mol. The maximum Gasteiger partial charge on any atom is 0.327 e. The van der Waals surface area contributed by atoms with Crippen molar-refractivity contribution >= 4 is 6.41 Å². The molecule has 3 nitrogen and oxygen atoms in total. The molecule has 2 atom stereocenters. The molecule has 0 bridgehead atoms. The highest BCUT2D eigenvalue weighted by Gasteiger charge is 2.28. The molecule has 13 heavy (non-hydrogen) atoms. The standard InChI is InChI=1S/C10H19N2O/c1-4-11(8-13)12-9(2)6-5-7-10(12)3/h9-10H,4-7H2,1-3H3. The largest absolute Gasteiger partial charge is 0.327 e. The van der Waals surface area contributed by atoms with Gasteiger partial charge in [0.1, 0.15) is 0 Å². The summed E-state index contributed by atoms with van der Waals surface area (Å²) in [5.74, 6) is 0. The van der Waals surface area contributed by atoms with E-state index < -0.39 is 0 Å². The van der Waals surface area contributed by atoms with Gasteiger partial charge < -0.3 is 0 Å². The maximum absolute atomic E-state index is 10.7. The lowest BCUT2D eigenvalue weighted by molar-refractivity contribution is -0.0524. The fourth-order valence-electron chi connectivity index (χ4n) is 2.16. The predicted octanol–water partition coefficient (Wildman–Crippen LogP) is 1.55. The molecule has 0 saturated carbocycles. The van der Waals surface area contributed by atoms with Crippen LogP contribution < -0.4 is 0 Å².